The fourth-order valence-electron chi connectivity index (χ4n) is 2.53. The van der Waals surface area contributed by atoms with Gasteiger partial charge >= 0.3 is 0 Å². The van der Waals surface area contributed by atoms with Crippen molar-refractivity contribution < 1.29 is 14.3 Å². The van der Waals surface area contributed by atoms with E-state index >= 15 is 0 Å². The van der Waals surface area contributed by atoms with Gasteiger partial charge in [0, 0.05) is 0 Å². The number of nitrogens with zero attached hydrogens (tertiary/aromatic N) is 1. The molecule has 1 aromatic carbocycles. The molecule has 4 nitrogen and oxygen atoms in total. The summed E-state index contributed by atoms with van der Waals surface area (Å²) in [5, 5.41) is 0. The van der Waals surface area contributed by atoms with E-state index in [1.54, 1.807) is 20.1 Å². The first-order valence-corrected chi connectivity index (χ1v) is 7.11. The number of hydrogen-bond acceptors (Lipinski definition) is 4. The molecule has 1 aliphatic rings. The van der Waals surface area contributed by atoms with Crippen molar-refractivity contribution in [1.29, 1.82) is 0 Å². The highest BCUT2D eigenvalue weighted by Crippen LogP contribution is 2.32. The maximum Gasteiger partial charge on any atom is 0.171 e. The number of carbonyl (C=O) groups is 1. The van der Waals surface area contributed by atoms with Crippen molar-refractivity contribution in [2.45, 2.75) is 19.8 Å². The Hall–Kier alpha value is -1.55. The van der Waals surface area contributed by atoms with Crippen molar-refractivity contribution in [3.8, 4) is 11.5 Å². The first-order valence-electron chi connectivity index (χ1n) is 7.11. The van der Waals surface area contributed by atoms with Gasteiger partial charge < -0.3 is 14.4 Å². The lowest BCUT2D eigenvalue weighted by atomic mass is 9.98. The first kappa shape index (κ1) is 14.9. The van der Waals surface area contributed by atoms with Crippen LogP contribution in [0.1, 0.15) is 30.1 Å². The molecule has 1 aromatic rings. The maximum atomic E-state index is 11.7. The molecule has 0 aromatic heterocycles. The van der Waals surface area contributed by atoms with Gasteiger partial charge in [0.05, 0.1) is 19.3 Å². The average Bonchev–Trinajstić information content (AvgIpc) is 2.46. The van der Waals surface area contributed by atoms with Gasteiger partial charge in [0.1, 0.15) is 0 Å². The van der Waals surface area contributed by atoms with Gasteiger partial charge in [-0.1, -0.05) is 6.07 Å². The monoisotopic (exact) mass is 277 g/mol. The van der Waals surface area contributed by atoms with Crippen molar-refractivity contribution in [2.75, 3.05) is 33.9 Å². The first-order chi connectivity index (χ1) is 9.61. The number of benzene rings is 1. The molecule has 1 aliphatic heterocycles. The average molecular weight is 277 g/mol. The standard InChI is InChI=1S/C16H23NO3/c1-12(18)14-5-4-6-15(19-3)16(14)20-11-13-7-9-17(2)10-8-13/h4-6,13H,7-11H2,1-3H3. The molecule has 0 radical (unpaired) electrons. The molecule has 110 valence electrons. The molecule has 0 saturated carbocycles. The Kier molecular flexibility index (Phi) is 5.01. The van der Waals surface area contributed by atoms with Gasteiger partial charge in [-0.3, -0.25) is 4.79 Å². The minimum Gasteiger partial charge on any atom is -0.493 e. The van der Waals surface area contributed by atoms with Crippen LogP contribution in [0.4, 0.5) is 0 Å². The van der Waals surface area contributed by atoms with Gasteiger partial charge in [-0.25, -0.2) is 0 Å². The largest absolute Gasteiger partial charge is 0.493 e. The molecule has 0 N–H and O–H groups in total. The smallest absolute Gasteiger partial charge is 0.171 e. The highest BCUT2D eigenvalue weighted by molar-refractivity contribution is 5.97. The predicted molar refractivity (Wildman–Crippen MR) is 78.7 cm³/mol. The van der Waals surface area contributed by atoms with Gasteiger partial charge in [-0.2, -0.15) is 0 Å². The van der Waals surface area contributed by atoms with Gasteiger partial charge in [0.15, 0.2) is 17.3 Å². The van der Waals surface area contributed by atoms with E-state index in [0.29, 0.717) is 29.6 Å². The summed E-state index contributed by atoms with van der Waals surface area (Å²) in [5.41, 5.74) is 0.595. The zero-order chi connectivity index (χ0) is 14.5. The van der Waals surface area contributed by atoms with E-state index in [1.165, 1.54) is 0 Å². The summed E-state index contributed by atoms with van der Waals surface area (Å²) < 4.78 is 11.2. The minimum atomic E-state index is 0.00211. The van der Waals surface area contributed by atoms with Crippen LogP contribution in [0.2, 0.25) is 0 Å². The van der Waals surface area contributed by atoms with Crippen LogP contribution in [0.5, 0.6) is 11.5 Å². The molecule has 0 bridgehead atoms. The predicted octanol–water partition coefficient (Wildman–Crippen LogP) is 2.62. The number of rotatable bonds is 5. The Morgan fingerprint density at radius 3 is 2.65 bits per heavy atom. The van der Waals surface area contributed by atoms with Crippen molar-refractivity contribution >= 4 is 5.78 Å². The second-order valence-electron chi connectivity index (χ2n) is 5.45. The van der Waals surface area contributed by atoms with E-state index in [9.17, 15) is 4.79 Å². The number of Topliss-reactive ketones (excluding diaryl/α,β-unsaturated/α-hetero) is 1. The van der Waals surface area contributed by atoms with Gasteiger partial charge in [0.2, 0.25) is 0 Å². The quantitative estimate of drug-likeness (QED) is 0.776. The van der Waals surface area contributed by atoms with Crippen LogP contribution in [0.15, 0.2) is 18.2 Å². The molecule has 1 saturated heterocycles. The lowest BCUT2D eigenvalue weighted by Gasteiger charge is -2.29. The summed E-state index contributed by atoms with van der Waals surface area (Å²) in [4.78, 5) is 14.0. The Balaban J connectivity index is 2.06. The molecule has 0 amide bonds. The van der Waals surface area contributed by atoms with E-state index in [4.69, 9.17) is 9.47 Å². The van der Waals surface area contributed by atoms with Crippen molar-refractivity contribution in [2.24, 2.45) is 5.92 Å². The van der Waals surface area contributed by atoms with Crippen molar-refractivity contribution in [1.82, 2.24) is 4.90 Å². The van der Waals surface area contributed by atoms with E-state index in [2.05, 4.69) is 11.9 Å². The zero-order valence-corrected chi connectivity index (χ0v) is 12.5. The highest BCUT2D eigenvalue weighted by atomic mass is 16.5. The topological polar surface area (TPSA) is 38.8 Å². The summed E-state index contributed by atoms with van der Waals surface area (Å²) in [6, 6.07) is 5.43. The van der Waals surface area contributed by atoms with Crippen LogP contribution in [0.25, 0.3) is 0 Å². The van der Waals surface area contributed by atoms with E-state index < -0.39 is 0 Å². The van der Waals surface area contributed by atoms with Gasteiger partial charge in [-0.05, 0) is 58.0 Å². The van der Waals surface area contributed by atoms with Crippen LogP contribution in [-0.2, 0) is 0 Å². The summed E-state index contributed by atoms with van der Waals surface area (Å²) in [6.45, 7) is 4.42. The Labute approximate surface area is 120 Å². The van der Waals surface area contributed by atoms with E-state index in [0.717, 1.165) is 25.9 Å². The number of carbonyl (C=O) groups excluding carboxylic acids is 1. The molecular formula is C16H23NO3. The molecule has 1 fully saturated rings. The number of ether oxygens (including phenoxy) is 2. The van der Waals surface area contributed by atoms with E-state index in [1.807, 2.05) is 12.1 Å². The molecule has 0 unspecified atom stereocenters. The number of methoxy groups -OCH3 is 1. The molecule has 1 heterocycles. The third kappa shape index (κ3) is 3.51. The van der Waals surface area contributed by atoms with Crippen LogP contribution < -0.4 is 9.47 Å². The van der Waals surface area contributed by atoms with Crippen molar-refractivity contribution in [3.63, 3.8) is 0 Å². The molecular weight excluding hydrogens is 254 g/mol. The van der Waals surface area contributed by atoms with Crippen LogP contribution in [-0.4, -0.2) is 44.5 Å². The second-order valence-corrected chi connectivity index (χ2v) is 5.45. The number of piperidine rings is 1. The summed E-state index contributed by atoms with van der Waals surface area (Å²) >= 11 is 0. The van der Waals surface area contributed by atoms with Gasteiger partial charge in [0.25, 0.3) is 0 Å². The fourth-order valence-corrected chi connectivity index (χ4v) is 2.53. The molecule has 4 heteroatoms. The minimum absolute atomic E-state index is 0.00211. The molecule has 20 heavy (non-hydrogen) atoms. The Bertz CT molecular complexity index is 465. The Morgan fingerprint density at radius 2 is 2.05 bits per heavy atom. The third-order valence-electron chi connectivity index (χ3n) is 3.88. The number of likely N-dealkylation sites (tertiary alicyclic amines) is 1. The molecule has 0 spiro atoms. The van der Waals surface area contributed by atoms with E-state index in [-0.39, 0.29) is 5.78 Å². The number of ketones is 1. The lowest BCUT2D eigenvalue weighted by Crippen LogP contribution is -2.32. The van der Waals surface area contributed by atoms with Crippen LogP contribution in [0, 0.1) is 5.92 Å². The number of hydrogen-bond donors (Lipinski definition) is 0. The fraction of sp³-hybridized carbons (Fsp3) is 0.562. The summed E-state index contributed by atoms with van der Waals surface area (Å²) in [5.74, 6) is 1.77. The zero-order valence-electron chi connectivity index (χ0n) is 12.5. The van der Waals surface area contributed by atoms with Crippen LogP contribution in [0.3, 0.4) is 0 Å². The molecule has 0 aliphatic carbocycles. The van der Waals surface area contributed by atoms with Crippen molar-refractivity contribution in [3.05, 3.63) is 23.8 Å². The Morgan fingerprint density at radius 1 is 1.35 bits per heavy atom. The highest BCUT2D eigenvalue weighted by Gasteiger charge is 2.20. The SMILES string of the molecule is COc1cccc(C(C)=O)c1OCC1CCN(C)CC1. The summed E-state index contributed by atoms with van der Waals surface area (Å²) in [6.07, 6.45) is 2.28. The maximum absolute atomic E-state index is 11.7. The normalized spacial score (nSPS) is 16.9. The third-order valence-corrected chi connectivity index (χ3v) is 3.88. The lowest BCUT2D eigenvalue weighted by molar-refractivity contribution is 0.100. The number of para-hydroxylation sites is 1. The summed E-state index contributed by atoms with van der Waals surface area (Å²) in [7, 11) is 3.74. The molecule has 0 atom stereocenters. The second kappa shape index (κ2) is 6.75. The van der Waals surface area contributed by atoms with Gasteiger partial charge in [-0.15, -0.1) is 0 Å². The van der Waals surface area contributed by atoms with Crippen LogP contribution >= 0.6 is 0 Å². The molecule has 2 rings (SSSR count).